The fourth-order valence-electron chi connectivity index (χ4n) is 1.53. The number of ether oxygens (including phenoxy) is 2. The topological polar surface area (TPSA) is 44.5 Å². The van der Waals surface area contributed by atoms with Gasteiger partial charge in [0, 0.05) is 0 Å². The maximum atomic E-state index is 5.46. The molecule has 0 heterocycles. The highest BCUT2D eigenvalue weighted by molar-refractivity contribution is 7.80. The minimum atomic E-state index is 0.557. The number of aryl methyl sites for hydroxylation is 1. The Bertz CT molecular complexity index is 366. The quantitative estimate of drug-likeness (QED) is 0.774. The average Bonchev–Trinajstić information content (AvgIpc) is 2.28. The van der Waals surface area contributed by atoms with E-state index in [-0.39, 0.29) is 0 Å². The summed E-state index contributed by atoms with van der Waals surface area (Å²) in [7, 11) is 3.32. The summed E-state index contributed by atoms with van der Waals surface area (Å²) in [5, 5.41) is 0. The molecule has 0 unspecified atom stereocenters. The van der Waals surface area contributed by atoms with Crippen molar-refractivity contribution in [1.82, 2.24) is 0 Å². The molecule has 2 N–H and O–H groups in total. The Labute approximate surface area is 102 Å². The molecule has 0 aromatic heterocycles. The lowest BCUT2D eigenvalue weighted by atomic mass is 10.1. The van der Waals surface area contributed by atoms with Crippen LogP contribution in [0.2, 0.25) is 0 Å². The molecule has 4 heteroatoms. The first-order valence-corrected chi connectivity index (χ1v) is 5.57. The van der Waals surface area contributed by atoms with Crippen molar-refractivity contribution < 1.29 is 9.47 Å². The van der Waals surface area contributed by atoms with E-state index in [1.54, 1.807) is 14.2 Å². The zero-order chi connectivity index (χ0) is 12.0. The third kappa shape index (κ3) is 3.70. The smallest absolute Gasteiger partial charge is 0.122 e. The van der Waals surface area contributed by atoms with Crippen molar-refractivity contribution in [1.29, 1.82) is 0 Å². The van der Waals surface area contributed by atoms with Gasteiger partial charge in [-0.1, -0.05) is 12.2 Å². The van der Waals surface area contributed by atoms with Crippen molar-refractivity contribution in [2.24, 2.45) is 5.73 Å². The number of nitrogens with two attached hydrogens (primary N) is 1. The molecular formula is C12H17NO2S. The fraction of sp³-hybridized carbons (Fsp3) is 0.417. The van der Waals surface area contributed by atoms with Crippen LogP contribution in [-0.2, 0) is 6.42 Å². The van der Waals surface area contributed by atoms with Gasteiger partial charge in [-0.3, -0.25) is 0 Å². The van der Waals surface area contributed by atoms with Crippen LogP contribution in [0.1, 0.15) is 18.4 Å². The summed E-state index contributed by atoms with van der Waals surface area (Å²) >= 11 is 4.84. The summed E-state index contributed by atoms with van der Waals surface area (Å²) in [6.45, 7) is 0. The maximum absolute atomic E-state index is 5.46. The Morgan fingerprint density at radius 2 is 2.06 bits per heavy atom. The molecule has 0 radical (unpaired) electrons. The Morgan fingerprint density at radius 1 is 1.31 bits per heavy atom. The first-order valence-electron chi connectivity index (χ1n) is 5.16. The lowest BCUT2D eigenvalue weighted by Gasteiger charge is -2.10. The van der Waals surface area contributed by atoms with Crippen LogP contribution >= 0.6 is 12.2 Å². The largest absolute Gasteiger partial charge is 0.497 e. The number of rotatable bonds is 6. The summed E-state index contributed by atoms with van der Waals surface area (Å²) in [5.74, 6) is 1.72. The van der Waals surface area contributed by atoms with E-state index >= 15 is 0 Å². The molecule has 0 fully saturated rings. The van der Waals surface area contributed by atoms with E-state index in [9.17, 15) is 0 Å². The van der Waals surface area contributed by atoms with Crippen LogP contribution in [-0.4, -0.2) is 19.2 Å². The van der Waals surface area contributed by atoms with Gasteiger partial charge in [0.1, 0.15) is 11.5 Å². The second kappa shape index (κ2) is 6.33. The van der Waals surface area contributed by atoms with Crippen molar-refractivity contribution in [3.05, 3.63) is 23.8 Å². The highest BCUT2D eigenvalue weighted by atomic mass is 32.1. The molecule has 0 atom stereocenters. The van der Waals surface area contributed by atoms with E-state index in [0.717, 1.165) is 36.3 Å². The van der Waals surface area contributed by atoms with E-state index in [1.165, 1.54) is 0 Å². The van der Waals surface area contributed by atoms with Gasteiger partial charge in [0.15, 0.2) is 0 Å². The maximum Gasteiger partial charge on any atom is 0.122 e. The monoisotopic (exact) mass is 239 g/mol. The lowest BCUT2D eigenvalue weighted by molar-refractivity contribution is 0.398. The predicted molar refractivity (Wildman–Crippen MR) is 69.3 cm³/mol. The predicted octanol–water partition coefficient (Wildman–Crippen LogP) is 2.31. The number of hydrogen-bond donors (Lipinski definition) is 1. The number of methoxy groups -OCH3 is 2. The van der Waals surface area contributed by atoms with E-state index in [0.29, 0.717) is 4.99 Å². The van der Waals surface area contributed by atoms with Gasteiger partial charge < -0.3 is 15.2 Å². The van der Waals surface area contributed by atoms with Crippen molar-refractivity contribution in [2.75, 3.05) is 14.2 Å². The number of thiocarbonyl (C=S) groups is 1. The molecule has 0 saturated carbocycles. The molecular weight excluding hydrogens is 222 g/mol. The second-order valence-corrected chi connectivity index (χ2v) is 4.02. The molecule has 1 rings (SSSR count). The van der Waals surface area contributed by atoms with Crippen LogP contribution in [0.3, 0.4) is 0 Å². The zero-order valence-corrected chi connectivity index (χ0v) is 10.5. The third-order valence-corrected chi connectivity index (χ3v) is 2.56. The van der Waals surface area contributed by atoms with Gasteiger partial charge in [-0.2, -0.15) is 0 Å². The molecule has 0 aliphatic heterocycles. The van der Waals surface area contributed by atoms with Crippen LogP contribution in [0, 0.1) is 0 Å². The first kappa shape index (κ1) is 12.8. The minimum absolute atomic E-state index is 0.557. The molecule has 88 valence electrons. The van der Waals surface area contributed by atoms with Crippen LogP contribution in [0.15, 0.2) is 18.2 Å². The second-order valence-electron chi connectivity index (χ2n) is 3.50. The fourth-order valence-corrected chi connectivity index (χ4v) is 1.67. The molecule has 0 aliphatic carbocycles. The molecule has 0 spiro atoms. The molecule has 16 heavy (non-hydrogen) atoms. The van der Waals surface area contributed by atoms with E-state index in [2.05, 4.69) is 0 Å². The van der Waals surface area contributed by atoms with E-state index < -0.39 is 0 Å². The van der Waals surface area contributed by atoms with Crippen LogP contribution in [0.4, 0.5) is 0 Å². The number of hydrogen-bond acceptors (Lipinski definition) is 3. The normalized spacial score (nSPS) is 9.88. The molecule has 1 aromatic carbocycles. The van der Waals surface area contributed by atoms with Crippen LogP contribution < -0.4 is 15.2 Å². The molecule has 0 bridgehead atoms. The highest BCUT2D eigenvalue weighted by Gasteiger charge is 2.05. The summed E-state index contributed by atoms with van der Waals surface area (Å²) in [5.41, 5.74) is 6.58. The summed E-state index contributed by atoms with van der Waals surface area (Å²) in [4.78, 5) is 0.557. The van der Waals surface area contributed by atoms with Gasteiger partial charge >= 0.3 is 0 Å². The minimum Gasteiger partial charge on any atom is -0.497 e. The standard InChI is InChI=1S/C12H17NO2S/c1-14-10-6-7-11(15-2)9(8-10)4-3-5-12(13)16/h6-8H,3-5H2,1-2H3,(H2,13,16). The molecule has 0 amide bonds. The Hall–Kier alpha value is -1.29. The summed E-state index contributed by atoms with van der Waals surface area (Å²) in [6, 6.07) is 5.78. The SMILES string of the molecule is COc1ccc(OC)c(CCCC(N)=S)c1. The molecule has 3 nitrogen and oxygen atoms in total. The van der Waals surface area contributed by atoms with Crippen LogP contribution in [0.5, 0.6) is 11.5 Å². The van der Waals surface area contributed by atoms with Gasteiger partial charge in [-0.25, -0.2) is 0 Å². The highest BCUT2D eigenvalue weighted by Crippen LogP contribution is 2.25. The third-order valence-electron chi connectivity index (χ3n) is 2.36. The van der Waals surface area contributed by atoms with Gasteiger partial charge in [-0.15, -0.1) is 0 Å². The lowest BCUT2D eigenvalue weighted by Crippen LogP contribution is -2.07. The molecule has 1 aromatic rings. The van der Waals surface area contributed by atoms with Gasteiger partial charge in [0.2, 0.25) is 0 Å². The van der Waals surface area contributed by atoms with Crippen molar-refractivity contribution in [3.63, 3.8) is 0 Å². The summed E-state index contributed by atoms with van der Waals surface area (Å²) < 4.78 is 10.5. The number of benzene rings is 1. The Morgan fingerprint density at radius 3 is 2.62 bits per heavy atom. The molecule has 0 saturated heterocycles. The van der Waals surface area contributed by atoms with Crippen molar-refractivity contribution in [3.8, 4) is 11.5 Å². The summed E-state index contributed by atoms with van der Waals surface area (Å²) in [6.07, 6.45) is 2.58. The molecule has 0 aliphatic rings. The Kier molecular flexibility index (Phi) is 5.05. The van der Waals surface area contributed by atoms with Crippen molar-refractivity contribution >= 4 is 17.2 Å². The van der Waals surface area contributed by atoms with Crippen LogP contribution in [0.25, 0.3) is 0 Å². The Balaban J connectivity index is 2.71. The van der Waals surface area contributed by atoms with Gasteiger partial charge in [-0.05, 0) is 43.0 Å². The first-order chi connectivity index (χ1) is 7.67. The zero-order valence-electron chi connectivity index (χ0n) is 9.66. The van der Waals surface area contributed by atoms with Crippen molar-refractivity contribution in [2.45, 2.75) is 19.3 Å². The van der Waals surface area contributed by atoms with E-state index in [1.807, 2.05) is 18.2 Å². The van der Waals surface area contributed by atoms with E-state index in [4.69, 9.17) is 27.4 Å². The van der Waals surface area contributed by atoms with Gasteiger partial charge in [0.05, 0.1) is 19.2 Å². The van der Waals surface area contributed by atoms with Gasteiger partial charge in [0.25, 0.3) is 0 Å². The average molecular weight is 239 g/mol.